The molecule has 1 heterocycles. The molecule has 1 amide bonds. The van der Waals surface area contributed by atoms with E-state index in [9.17, 15) is 29.7 Å². The molecule has 6 N–H and O–H groups in total. The van der Waals surface area contributed by atoms with Crippen molar-refractivity contribution in [2.45, 2.75) is 69.7 Å². The van der Waals surface area contributed by atoms with Crippen molar-refractivity contribution < 1.29 is 34.8 Å². The Balaban J connectivity index is 1.81. The summed E-state index contributed by atoms with van der Waals surface area (Å²) in [6, 6.07) is 8.77. The number of rotatable bonds is 12. The van der Waals surface area contributed by atoms with E-state index in [0.717, 1.165) is 23.3 Å². The quantitative estimate of drug-likeness (QED) is 0.281. The predicted molar refractivity (Wildman–Crippen MR) is 129 cm³/mol. The molecule has 0 radical (unpaired) electrons. The van der Waals surface area contributed by atoms with Gasteiger partial charge in [-0.25, -0.2) is 0 Å². The van der Waals surface area contributed by atoms with E-state index in [1.807, 2.05) is 36.4 Å². The van der Waals surface area contributed by atoms with E-state index in [1.54, 1.807) is 0 Å². The Morgan fingerprint density at radius 3 is 2.37 bits per heavy atom. The Kier molecular flexibility index (Phi) is 9.20. The van der Waals surface area contributed by atoms with Crippen molar-refractivity contribution in [2.75, 3.05) is 0 Å². The van der Waals surface area contributed by atoms with E-state index < -0.39 is 42.7 Å². The van der Waals surface area contributed by atoms with Crippen LogP contribution in [0.15, 0.2) is 48.2 Å². The summed E-state index contributed by atoms with van der Waals surface area (Å²) in [7, 11) is 0. The van der Waals surface area contributed by atoms with Crippen molar-refractivity contribution in [3.63, 3.8) is 0 Å². The highest BCUT2D eigenvalue weighted by atomic mass is 16.4. The fourth-order valence-electron chi connectivity index (χ4n) is 5.01. The molecular formula is C26H34N2O7. The number of hydrogen-bond donors (Lipinski definition) is 5. The minimum Gasteiger partial charge on any atom is -0.481 e. The van der Waals surface area contributed by atoms with Gasteiger partial charge in [-0.3, -0.25) is 14.4 Å². The molecule has 190 valence electrons. The van der Waals surface area contributed by atoms with Crippen LogP contribution in [0.2, 0.25) is 0 Å². The van der Waals surface area contributed by atoms with Crippen LogP contribution in [0.5, 0.6) is 0 Å². The number of nitrogens with zero attached hydrogens (tertiary/aromatic N) is 1. The van der Waals surface area contributed by atoms with Crippen molar-refractivity contribution in [1.82, 2.24) is 4.90 Å². The summed E-state index contributed by atoms with van der Waals surface area (Å²) in [6.07, 6.45) is 3.27. The van der Waals surface area contributed by atoms with Crippen LogP contribution in [0.4, 0.5) is 0 Å². The fraction of sp³-hybridized carbons (Fsp3) is 0.500. The number of fused-ring (bicyclic) bond motifs is 1. The topological polar surface area (TPSA) is 161 Å². The smallest absolute Gasteiger partial charge is 0.305 e. The molecule has 1 aromatic rings. The highest BCUT2D eigenvalue weighted by Crippen LogP contribution is 2.39. The molecule has 35 heavy (non-hydrogen) atoms. The number of aliphatic carboxylic acids is 2. The van der Waals surface area contributed by atoms with Crippen molar-refractivity contribution >= 4 is 23.4 Å². The summed E-state index contributed by atoms with van der Waals surface area (Å²) >= 11 is 0. The number of carboxylic acid groups (broad SMARTS) is 2. The normalized spacial score (nSPS) is 21.3. The zero-order chi connectivity index (χ0) is 25.5. The third-order valence-electron chi connectivity index (χ3n) is 6.86. The van der Waals surface area contributed by atoms with E-state index in [-0.39, 0.29) is 37.5 Å². The number of aliphatic hydroxyl groups is 2. The van der Waals surface area contributed by atoms with Gasteiger partial charge in [-0.2, -0.15) is 0 Å². The van der Waals surface area contributed by atoms with Crippen LogP contribution in [0.3, 0.4) is 0 Å². The number of carboxylic acids is 2. The van der Waals surface area contributed by atoms with Crippen LogP contribution in [-0.4, -0.2) is 61.5 Å². The van der Waals surface area contributed by atoms with Gasteiger partial charge < -0.3 is 31.1 Å². The summed E-state index contributed by atoms with van der Waals surface area (Å²) in [6.45, 7) is 0. The van der Waals surface area contributed by atoms with Crippen LogP contribution in [0.25, 0.3) is 5.57 Å². The molecule has 3 rings (SSSR count). The second-order valence-electron chi connectivity index (χ2n) is 9.34. The van der Waals surface area contributed by atoms with E-state index in [1.165, 1.54) is 4.90 Å². The molecule has 0 aromatic heterocycles. The number of allylic oxidation sites excluding steroid dienone is 4. The molecule has 9 nitrogen and oxygen atoms in total. The number of likely N-dealkylation sites (tertiary alicyclic amines) is 1. The van der Waals surface area contributed by atoms with Gasteiger partial charge in [0.15, 0.2) is 0 Å². The Hall–Kier alpha value is -3.01. The first-order valence-electron chi connectivity index (χ1n) is 12.0. The van der Waals surface area contributed by atoms with E-state index in [0.29, 0.717) is 12.8 Å². The summed E-state index contributed by atoms with van der Waals surface area (Å²) in [5, 5.41) is 39.2. The number of piperidine rings is 1. The van der Waals surface area contributed by atoms with Gasteiger partial charge in [0.2, 0.25) is 5.91 Å². The highest BCUT2D eigenvalue weighted by Gasteiger charge is 2.40. The first kappa shape index (κ1) is 26.6. The fourth-order valence-corrected chi connectivity index (χ4v) is 5.01. The third kappa shape index (κ3) is 7.00. The minimum absolute atomic E-state index is 0.0657. The summed E-state index contributed by atoms with van der Waals surface area (Å²) < 4.78 is 0. The van der Waals surface area contributed by atoms with Crippen molar-refractivity contribution in [3.8, 4) is 0 Å². The summed E-state index contributed by atoms with van der Waals surface area (Å²) in [5.41, 5.74) is 8.16. The van der Waals surface area contributed by atoms with Gasteiger partial charge in [0.1, 0.15) is 6.23 Å². The summed E-state index contributed by atoms with van der Waals surface area (Å²) in [4.78, 5) is 37.3. The molecule has 1 aromatic carbocycles. The van der Waals surface area contributed by atoms with Crippen molar-refractivity contribution in [3.05, 3.63) is 53.7 Å². The second-order valence-corrected chi connectivity index (χ2v) is 9.34. The molecule has 0 saturated carbocycles. The maximum absolute atomic E-state index is 13.1. The monoisotopic (exact) mass is 486 g/mol. The Morgan fingerprint density at radius 2 is 1.74 bits per heavy atom. The van der Waals surface area contributed by atoms with E-state index in [4.69, 9.17) is 10.8 Å². The lowest BCUT2D eigenvalue weighted by Gasteiger charge is -2.43. The lowest BCUT2D eigenvalue weighted by molar-refractivity contribution is -0.144. The molecule has 1 saturated heterocycles. The van der Waals surface area contributed by atoms with Crippen LogP contribution in [-0.2, 0) is 14.4 Å². The van der Waals surface area contributed by atoms with Gasteiger partial charge in [0, 0.05) is 24.0 Å². The zero-order valence-corrected chi connectivity index (χ0v) is 19.6. The largest absolute Gasteiger partial charge is 0.481 e. The highest BCUT2D eigenvalue weighted by molar-refractivity contribution is 5.84. The SMILES string of the molecule is NC(O)C(CCCC(O)[C@H](CC(=O)O)N1C(=O)CCC2CC=C(c3ccccc3)C=C21)CC(=O)O. The number of carbonyl (C=O) groups excluding carboxylic acids is 1. The van der Waals surface area contributed by atoms with Gasteiger partial charge in [0.25, 0.3) is 0 Å². The number of aliphatic hydroxyl groups excluding tert-OH is 2. The van der Waals surface area contributed by atoms with E-state index >= 15 is 0 Å². The lowest BCUT2D eigenvalue weighted by Crippen LogP contribution is -2.51. The Bertz CT molecular complexity index is 973. The molecule has 4 unspecified atom stereocenters. The molecular weight excluding hydrogens is 452 g/mol. The van der Waals surface area contributed by atoms with Crippen molar-refractivity contribution in [2.24, 2.45) is 17.6 Å². The van der Waals surface area contributed by atoms with Gasteiger partial charge in [-0.15, -0.1) is 0 Å². The van der Waals surface area contributed by atoms with Crippen molar-refractivity contribution in [1.29, 1.82) is 0 Å². The number of nitrogens with two attached hydrogens (primary N) is 1. The number of hydrogen-bond acceptors (Lipinski definition) is 6. The van der Waals surface area contributed by atoms with Gasteiger partial charge >= 0.3 is 11.9 Å². The standard InChI is InChI=1S/C26H34N2O7/c27-26(35)19(14-24(31)32)7-4-8-22(29)21(15-25(33)34)28-20-13-18(16-5-2-1-3-6-16)10-9-17(20)11-12-23(28)30/h1-3,5-6,10,13,17,19,21-22,26,29,35H,4,7-9,11-12,14-15,27H2,(H,31,32)(H,33,34)/t17?,19?,21-,22?,26?/m0/s1. The number of carbonyl (C=O) groups is 3. The second kappa shape index (κ2) is 12.1. The predicted octanol–water partition coefficient (Wildman–Crippen LogP) is 2.34. The molecule has 1 aliphatic carbocycles. The first-order chi connectivity index (χ1) is 16.7. The molecule has 9 heteroatoms. The molecule has 1 aliphatic heterocycles. The molecule has 0 spiro atoms. The van der Waals surface area contributed by atoms with Crippen LogP contribution in [0, 0.1) is 11.8 Å². The Morgan fingerprint density at radius 1 is 1.06 bits per heavy atom. The first-order valence-corrected chi connectivity index (χ1v) is 12.0. The average Bonchev–Trinajstić information content (AvgIpc) is 2.82. The number of amides is 1. The molecule has 1 fully saturated rings. The van der Waals surface area contributed by atoms with Crippen LogP contribution >= 0.6 is 0 Å². The third-order valence-corrected chi connectivity index (χ3v) is 6.86. The molecule has 5 atom stereocenters. The molecule has 0 bridgehead atoms. The number of benzene rings is 1. The van der Waals surface area contributed by atoms with E-state index in [2.05, 4.69) is 6.08 Å². The minimum atomic E-state index is -1.31. The molecule has 2 aliphatic rings. The Labute approximate surface area is 204 Å². The van der Waals surface area contributed by atoms with Gasteiger partial charge in [-0.1, -0.05) is 42.8 Å². The zero-order valence-electron chi connectivity index (χ0n) is 19.6. The summed E-state index contributed by atoms with van der Waals surface area (Å²) in [5.74, 6) is -3.04. The van der Waals surface area contributed by atoms with Crippen LogP contribution in [0.1, 0.15) is 56.9 Å². The maximum atomic E-state index is 13.1. The van der Waals surface area contributed by atoms with Crippen LogP contribution < -0.4 is 5.73 Å². The maximum Gasteiger partial charge on any atom is 0.305 e. The lowest BCUT2D eigenvalue weighted by atomic mass is 9.82. The average molecular weight is 487 g/mol. The van der Waals surface area contributed by atoms with Gasteiger partial charge in [0.05, 0.1) is 25.0 Å². The van der Waals surface area contributed by atoms with Gasteiger partial charge in [-0.05, 0) is 42.9 Å².